The molecular formula is C14H30N2O2. The van der Waals surface area contributed by atoms with Crippen LogP contribution in [0.15, 0.2) is 0 Å². The van der Waals surface area contributed by atoms with Crippen molar-refractivity contribution >= 4 is 5.91 Å². The Kier molecular flexibility index (Phi) is 11.1. The van der Waals surface area contributed by atoms with E-state index in [9.17, 15) is 4.79 Å². The fourth-order valence-corrected chi connectivity index (χ4v) is 2.28. The monoisotopic (exact) mass is 258 g/mol. The van der Waals surface area contributed by atoms with Crippen LogP contribution in [0.25, 0.3) is 0 Å². The molecule has 0 aromatic rings. The van der Waals surface area contributed by atoms with Gasteiger partial charge in [0.15, 0.2) is 0 Å². The molecule has 0 saturated carbocycles. The van der Waals surface area contributed by atoms with Gasteiger partial charge < -0.3 is 15.7 Å². The summed E-state index contributed by atoms with van der Waals surface area (Å²) in [7, 11) is 0. The summed E-state index contributed by atoms with van der Waals surface area (Å²) < 4.78 is 0. The van der Waals surface area contributed by atoms with Crippen LogP contribution in [0.4, 0.5) is 0 Å². The number of aliphatic hydroxyl groups is 1. The van der Waals surface area contributed by atoms with Gasteiger partial charge in [-0.3, -0.25) is 4.79 Å². The molecule has 4 heteroatoms. The molecule has 0 spiro atoms. The summed E-state index contributed by atoms with van der Waals surface area (Å²) in [5, 5.41) is 8.80. The Balaban J connectivity index is 4.02. The van der Waals surface area contributed by atoms with Gasteiger partial charge in [0.2, 0.25) is 5.91 Å². The van der Waals surface area contributed by atoms with Crippen LogP contribution in [-0.4, -0.2) is 42.2 Å². The predicted molar refractivity (Wildman–Crippen MR) is 75.3 cm³/mol. The maximum atomic E-state index is 12.0. The second-order valence-corrected chi connectivity index (χ2v) is 4.82. The normalized spacial score (nSPS) is 12.4. The highest BCUT2D eigenvalue weighted by Crippen LogP contribution is 2.17. The van der Waals surface area contributed by atoms with Crippen LogP contribution in [0, 0.1) is 5.92 Å². The molecule has 4 nitrogen and oxygen atoms in total. The molecule has 0 aliphatic rings. The Morgan fingerprint density at radius 3 is 2.50 bits per heavy atom. The summed E-state index contributed by atoms with van der Waals surface area (Å²) in [6.07, 6.45) is 5.56. The Morgan fingerprint density at radius 1 is 1.28 bits per heavy atom. The Bertz CT molecular complexity index is 204. The molecule has 0 rings (SSSR count). The van der Waals surface area contributed by atoms with E-state index in [4.69, 9.17) is 10.8 Å². The highest BCUT2D eigenvalue weighted by molar-refractivity contribution is 5.76. The van der Waals surface area contributed by atoms with E-state index in [1.165, 1.54) is 0 Å². The van der Waals surface area contributed by atoms with Gasteiger partial charge >= 0.3 is 0 Å². The maximum absolute atomic E-state index is 12.0. The molecule has 0 bridgehead atoms. The third-order valence-corrected chi connectivity index (χ3v) is 3.36. The van der Waals surface area contributed by atoms with Crippen LogP contribution in [0.2, 0.25) is 0 Å². The van der Waals surface area contributed by atoms with Crippen LogP contribution in [0.3, 0.4) is 0 Å². The minimum absolute atomic E-state index is 0.148. The molecular weight excluding hydrogens is 228 g/mol. The molecule has 0 aromatic carbocycles. The molecule has 3 N–H and O–H groups in total. The lowest BCUT2D eigenvalue weighted by molar-refractivity contribution is -0.131. The van der Waals surface area contributed by atoms with Crippen LogP contribution < -0.4 is 5.73 Å². The number of nitrogens with two attached hydrogens (primary N) is 1. The third-order valence-electron chi connectivity index (χ3n) is 3.36. The van der Waals surface area contributed by atoms with Gasteiger partial charge in [0.1, 0.15) is 0 Å². The van der Waals surface area contributed by atoms with Crippen molar-refractivity contribution in [3.8, 4) is 0 Å². The highest BCUT2D eigenvalue weighted by atomic mass is 16.3. The number of nitrogens with zero attached hydrogens (tertiary/aromatic N) is 1. The molecule has 18 heavy (non-hydrogen) atoms. The van der Waals surface area contributed by atoms with Gasteiger partial charge in [-0.1, -0.05) is 19.8 Å². The largest absolute Gasteiger partial charge is 0.396 e. The van der Waals surface area contributed by atoms with E-state index in [2.05, 4.69) is 6.92 Å². The molecule has 0 aromatic heterocycles. The summed E-state index contributed by atoms with van der Waals surface area (Å²) in [5.74, 6) is 0.796. The number of aliphatic hydroxyl groups excluding tert-OH is 1. The topological polar surface area (TPSA) is 66.6 Å². The number of carbonyl (C=O) groups excluding carboxylic acids is 1. The standard InChI is InChI=1S/C14H30N2O2/c1-3-6-13(9-10-15)7-8-14(18)16(4-2)11-5-12-17/h13,17H,3-12,15H2,1-2H3. The summed E-state index contributed by atoms with van der Waals surface area (Å²) in [4.78, 5) is 13.8. The van der Waals surface area contributed by atoms with Crippen molar-refractivity contribution in [2.75, 3.05) is 26.2 Å². The molecule has 0 aliphatic carbocycles. The second kappa shape index (κ2) is 11.5. The van der Waals surface area contributed by atoms with E-state index in [-0.39, 0.29) is 12.5 Å². The summed E-state index contributed by atoms with van der Waals surface area (Å²) in [5.41, 5.74) is 5.59. The van der Waals surface area contributed by atoms with Gasteiger partial charge in [0, 0.05) is 26.1 Å². The quantitative estimate of drug-likeness (QED) is 0.593. The number of amides is 1. The lowest BCUT2D eigenvalue weighted by atomic mass is 9.94. The van der Waals surface area contributed by atoms with Gasteiger partial charge in [0.25, 0.3) is 0 Å². The summed E-state index contributed by atoms with van der Waals surface area (Å²) >= 11 is 0. The number of hydrogen-bond donors (Lipinski definition) is 2. The molecule has 0 heterocycles. The zero-order chi connectivity index (χ0) is 13.8. The molecule has 1 atom stereocenters. The molecule has 1 amide bonds. The Hall–Kier alpha value is -0.610. The molecule has 0 fully saturated rings. The maximum Gasteiger partial charge on any atom is 0.222 e. The van der Waals surface area contributed by atoms with Crippen LogP contribution in [0.5, 0.6) is 0 Å². The van der Waals surface area contributed by atoms with Crippen molar-refractivity contribution in [1.29, 1.82) is 0 Å². The van der Waals surface area contributed by atoms with Crippen LogP contribution in [-0.2, 0) is 4.79 Å². The van der Waals surface area contributed by atoms with Gasteiger partial charge in [-0.05, 0) is 38.6 Å². The van der Waals surface area contributed by atoms with E-state index in [0.29, 0.717) is 31.8 Å². The van der Waals surface area contributed by atoms with E-state index < -0.39 is 0 Å². The van der Waals surface area contributed by atoms with Crippen LogP contribution >= 0.6 is 0 Å². The fourth-order valence-electron chi connectivity index (χ4n) is 2.28. The van der Waals surface area contributed by atoms with E-state index in [1.807, 2.05) is 11.8 Å². The minimum atomic E-state index is 0.148. The van der Waals surface area contributed by atoms with Crippen LogP contribution in [0.1, 0.15) is 52.4 Å². The van der Waals surface area contributed by atoms with Crippen molar-refractivity contribution in [2.24, 2.45) is 11.7 Å². The average Bonchev–Trinajstić information content (AvgIpc) is 2.37. The lowest BCUT2D eigenvalue weighted by Gasteiger charge is -2.22. The number of hydrogen-bond acceptors (Lipinski definition) is 3. The van der Waals surface area contributed by atoms with Crippen molar-refractivity contribution in [2.45, 2.75) is 52.4 Å². The van der Waals surface area contributed by atoms with E-state index >= 15 is 0 Å². The molecule has 0 saturated heterocycles. The second-order valence-electron chi connectivity index (χ2n) is 4.82. The molecule has 1 unspecified atom stereocenters. The SMILES string of the molecule is CCCC(CCN)CCC(=O)N(CC)CCCO. The minimum Gasteiger partial charge on any atom is -0.396 e. The number of carbonyl (C=O) groups is 1. The molecule has 0 aliphatic heterocycles. The number of rotatable bonds is 11. The van der Waals surface area contributed by atoms with E-state index in [0.717, 1.165) is 32.2 Å². The van der Waals surface area contributed by atoms with Crippen molar-refractivity contribution in [1.82, 2.24) is 4.90 Å². The average molecular weight is 258 g/mol. The van der Waals surface area contributed by atoms with Gasteiger partial charge in [-0.2, -0.15) is 0 Å². The van der Waals surface area contributed by atoms with E-state index in [1.54, 1.807) is 0 Å². The summed E-state index contributed by atoms with van der Waals surface area (Å²) in [6, 6.07) is 0. The predicted octanol–water partition coefficient (Wildman–Crippen LogP) is 1.76. The first kappa shape index (κ1) is 17.4. The first-order valence-electron chi connectivity index (χ1n) is 7.28. The zero-order valence-electron chi connectivity index (χ0n) is 12.0. The molecule has 108 valence electrons. The first-order chi connectivity index (χ1) is 8.69. The lowest BCUT2D eigenvalue weighted by Crippen LogP contribution is -2.32. The smallest absolute Gasteiger partial charge is 0.222 e. The Morgan fingerprint density at radius 2 is 2.00 bits per heavy atom. The zero-order valence-corrected chi connectivity index (χ0v) is 12.0. The van der Waals surface area contributed by atoms with Gasteiger partial charge in [-0.25, -0.2) is 0 Å². The van der Waals surface area contributed by atoms with Gasteiger partial charge in [0.05, 0.1) is 0 Å². The fraction of sp³-hybridized carbons (Fsp3) is 0.929. The third kappa shape index (κ3) is 7.67. The van der Waals surface area contributed by atoms with Crippen molar-refractivity contribution < 1.29 is 9.90 Å². The highest BCUT2D eigenvalue weighted by Gasteiger charge is 2.14. The van der Waals surface area contributed by atoms with Crippen molar-refractivity contribution in [3.63, 3.8) is 0 Å². The van der Waals surface area contributed by atoms with Gasteiger partial charge in [-0.15, -0.1) is 0 Å². The molecule has 0 radical (unpaired) electrons. The first-order valence-corrected chi connectivity index (χ1v) is 7.28. The summed E-state index contributed by atoms with van der Waals surface area (Å²) in [6.45, 7) is 6.41. The Labute approximate surface area is 112 Å². The van der Waals surface area contributed by atoms with Crippen molar-refractivity contribution in [3.05, 3.63) is 0 Å².